The monoisotopic (exact) mass is 227 g/mol. The summed E-state index contributed by atoms with van der Waals surface area (Å²) in [6.45, 7) is 4.79. The Morgan fingerprint density at radius 1 is 1.40 bits per heavy atom. The fraction of sp³-hybridized carbons (Fsp3) is 0.500. The maximum absolute atomic E-state index is 12.9. The highest BCUT2D eigenvalue weighted by molar-refractivity contribution is 7.99. The molecular formula is C12H18FNS. The van der Waals surface area contributed by atoms with Crippen LogP contribution >= 0.6 is 11.8 Å². The number of nitrogens with two attached hydrogens (primary N) is 1. The third-order valence-corrected chi connectivity index (χ3v) is 3.87. The molecule has 0 aliphatic carbocycles. The highest BCUT2D eigenvalue weighted by Gasteiger charge is 2.05. The predicted octanol–water partition coefficient (Wildman–Crippen LogP) is 3.32. The lowest BCUT2D eigenvalue weighted by molar-refractivity contribution is 0.624. The van der Waals surface area contributed by atoms with Crippen LogP contribution in [0.15, 0.2) is 18.2 Å². The van der Waals surface area contributed by atoms with Crippen LogP contribution in [0.3, 0.4) is 0 Å². The summed E-state index contributed by atoms with van der Waals surface area (Å²) in [7, 11) is 0. The second-order valence-corrected chi connectivity index (χ2v) is 5.07. The average molecular weight is 227 g/mol. The van der Waals surface area contributed by atoms with Crippen LogP contribution in [-0.4, -0.2) is 5.25 Å². The molecule has 0 saturated carbocycles. The summed E-state index contributed by atoms with van der Waals surface area (Å²) < 4.78 is 12.9. The first-order valence-corrected chi connectivity index (χ1v) is 6.31. The number of halogens is 1. The average Bonchev–Trinajstić information content (AvgIpc) is 2.26. The van der Waals surface area contributed by atoms with E-state index in [9.17, 15) is 4.39 Å². The molecule has 15 heavy (non-hydrogen) atoms. The van der Waals surface area contributed by atoms with Gasteiger partial charge in [0.05, 0.1) is 0 Å². The van der Waals surface area contributed by atoms with Gasteiger partial charge in [0.15, 0.2) is 0 Å². The molecule has 0 aromatic heterocycles. The van der Waals surface area contributed by atoms with Crippen LogP contribution < -0.4 is 5.73 Å². The number of hydrogen-bond acceptors (Lipinski definition) is 2. The fourth-order valence-corrected chi connectivity index (χ4v) is 2.26. The summed E-state index contributed by atoms with van der Waals surface area (Å²) >= 11 is 1.89. The third kappa shape index (κ3) is 3.84. The molecule has 2 N–H and O–H groups in total. The van der Waals surface area contributed by atoms with E-state index in [0.29, 0.717) is 11.8 Å². The van der Waals surface area contributed by atoms with Crippen molar-refractivity contribution in [3.63, 3.8) is 0 Å². The molecule has 0 saturated heterocycles. The van der Waals surface area contributed by atoms with Crippen molar-refractivity contribution in [3.05, 3.63) is 35.1 Å². The summed E-state index contributed by atoms with van der Waals surface area (Å²) in [5, 5.41) is 0.640. The molecule has 0 radical (unpaired) electrons. The van der Waals surface area contributed by atoms with Gasteiger partial charge in [-0.05, 0) is 29.7 Å². The van der Waals surface area contributed by atoms with Crippen LogP contribution in [0.1, 0.15) is 31.4 Å². The molecule has 1 atom stereocenters. The lowest BCUT2D eigenvalue weighted by Gasteiger charge is -2.11. The molecule has 0 aliphatic heterocycles. The van der Waals surface area contributed by atoms with Gasteiger partial charge in [-0.15, -0.1) is 0 Å². The predicted molar refractivity (Wildman–Crippen MR) is 65.3 cm³/mol. The molecule has 0 bridgehead atoms. The van der Waals surface area contributed by atoms with Gasteiger partial charge in [0, 0.05) is 17.5 Å². The highest BCUT2D eigenvalue weighted by Crippen LogP contribution is 2.22. The quantitative estimate of drug-likeness (QED) is 0.835. The Labute approximate surface area is 95.2 Å². The molecule has 0 amide bonds. The number of benzene rings is 1. The zero-order chi connectivity index (χ0) is 11.3. The Kier molecular flexibility index (Phi) is 5.12. The Bertz CT molecular complexity index is 314. The summed E-state index contributed by atoms with van der Waals surface area (Å²) in [4.78, 5) is 0. The first-order valence-electron chi connectivity index (χ1n) is 5.26. The van der Waals surface area contributed by atoms with Gasteiger partial charge in [-0.25, -0.2) is 4.39 Å². The normalized spacial score (nSPS) is 12.8. The maximum Gasteiger partial charge on any atom is 0.123 e. The third-order valence-electron chi connectivity index (χ3n) is 2.49. The minimum absolute atomic E-state index is 0.201. The van der Waals surface area contributed by atoms with E-state index < -0.39 is 0 Å². The van der Waals surface area contributed by atoms with E-state index in [2.05, 4.69) is 13.8 Å². The standard InChI is InChI=1S/C12H18FNS/c1-3-9(2)15-8-10-4-5-12(13)6-11(10)7-14/h4-6,9H,3,7-8,14H2,1-2H3. The van der Waals surface area contributed by atoms with Crippen molar-refractivity contribution in [2.24, 2.45) is 5.73 Å². The second-order valence-electron chi connectivity index (χ2n) is 3.65. The van der Waals surface area contributed by atoms with Gasteiger partial charge in [0.2, 0.25) is 0 Å². The molecule has 1 unspecified atom stereocenters. The van der Waals surface area contributed by atoms with Crippen LogP contribution in [0, 0.1) is 5.82 Å². The summed E-state index contributed by atoms with van der Waals surface area (Å²) in [5.74, 6) is 0.717. The second kappa shape index (κ2) is 6.13. The summed E-state index contributed by atoms with van der Waals surface area (Å²) in [6, 6.07) is 4.88. The molecule has 1 aromatic carbocycles. The Morgan fingerprint density at radius 3 is 2.73 bits per heavy atom. The van der Waals surface area contributed by atoms with Crippen molar-refractivity contribution in [1.29, 1.82) is 0 Å². The molecule has 0 aliphatic rings. The van der Waals surface area contributed by atoms with Gasteiger partial charge in [0.1, 0.15) is 5.82 Å². The summed E-state index contributed by atoms with van der Waals surface area (Å²) in [5.41, 5.74) is 7.66. The zero-order valence-electron chi connectivity index (χ0n) is 9.29. The van der Waals surface area contributed by atoms with Crippen molar-refractivity contribution >= 4 is 11.8 Å². The molecule has 1 rings (SSSR count). The molecule has 0 heterocycles. The molecule has 1 nitrogen and oxygen atoms in total. The van der Waals surface area contributed by atoms with Crippen molar-refractivity contribution < 1.29 is 4.39 Å². The number of rotatable bonds is 5. The van der Waals surface area contributed by atoms with E-state index >= 15 is 0 Å². The van der Waals surface area contributed by atoms with Gasteiger partial charge in [-0.3, -0.25) is 0 Å². The topological polar surface area (TPSA) is 26.0 Å². The molecule has 1 aromatic rings. The SMILES string of the molecule is CCC(C)SCc1ccc(F)cc1CN. The van der Waals surface area contributed by atoms with Crippen LogP contribution in [0.2, 0.25) is 0 Å². The summed E-state index contributed by atoms with van der Waals surface area (Å²) in [6.07, 6.45) is 1.16. The van der Waals surface area contributed by atoms with Crippen LogP contribution in [0.25, 0.3) is 0 Å². The molecule has 0 spiro atoms. The Balaban J connectivity index is 2.67. The van der Waals surface area contributed by atoms with Gasteiger partial charge < -0.3 is 5.73 Å². The van der Waals surface area contributed by atoms with Gasteiger partial charge >= 0.3 is 0 Å². The first kappa shape index (κ1) is 12.5. The lowest BCUT2D eigenvalue weighted by atomic mass is 10.1. The lowest BCUT2D eigenvalue weighted by Crippen LogP contribution is -2.03. The van der Waals surface area contributed by atoms with E-state index in [1.54, 1.807) is 0 Å². The Morgan fingerprint density at radius 2 is 2.13 bits per heavy atom. The number of thioether (sulfide) groups is 1. The van der Waals surface area contributed by atoms with E-state index in [0.717, 1.165) is 23.3 Å². The number of hydrogen-bond donors (Lipinski definition) is 1. The molecule has 3 heteroatoms. The van der Waals surface area contributed by atoms with Crippen LogP contribution in [0.4, 0.5) is 4.39 Å². The van der Waals surface area contributed by atoms with Crippen LogP contribution in [0.5, 0.6) is 0 Å². The minimum atomic E-state index is -0.201. The van der Waals surface area contributed by atoms with Crippen molar-refractivity contribution in [2.45, 2.75) is 37.8 Å². The minimum Gasteiger partial charge on any atom is -0.326 e. The van der Waals surface area contributed by atoms with Crippen molar-refractivity contribution in [1.82, 2.24) is 0 Å². The Hall–Kier alpha value is -0.540. The fourth-order valence-electron chi connectivity index (χ4n) is 1.28. The molecule has 84 valence electrons. The van der Waals surface area contributed by atoms with Crippen LogP contribution in [-0.2, 0) is 12.3 Å². The van der Waals surface area contributed by atoms with Gasteiger partial charge in [0.25, 0.3) is 0 Å². The maximum atomic E-state index is 12.9. The van der Waals surface area contributed by atoms with E-state index in [-0.39, 0.29) is 5.82 Å². The smallest absolute Gasteiger partial charge is 0.123 e. The van der Waals surface area contributed by atoms with Crippen molar-refractivity contribution in [2.75, 3.05) is 0 Å². The highest BCUT2D eigenvalue weighted by atomic mass is 32.2. The van der Waals surface area contributed by atoms with Crippen molar-refractivity contribution in [3.8, 4) is 0 Å². The molecular weight excluding hydrogens is 209 g/mol. The van der Waals surface area contributed by atoms with Gasteiger partial charge in [-0.1, -0.05) is 19.9 Å². The van der Waals surface area contributed by atoms with E-state index in [1.807, 2.05) is 17.8 Å². The van der Waals surface area contributed by atoms with E-state index in [1.165, 1.54) is 12.1 Å². The molecule has 0 fully saturated rings. The zero-order valence-corrected chi connectivity index (χ0v) is 10.1. The first-order chi connectivity index (χ1) is 7.17. The van der Waals surface area contributed by atoms with E-state index in [4.69, 9.17) is 5.73 Å². The largest absolute Gasteiger partial charge is 0.326 e. The van der Waals surface area contributed by atoms with Gasteiger partial charge in [-0.2, -0.15) is 11.8 Å².